The summed E-state index contributed by atoms with van der Waals surface area (Å²) in [5.41, 5.74) is 0. The first kappa shape index (κ1) is 32.6. The minimum absolute atomic E-state index is 0. The van der Waals surface area contributed by atoms with Gasteiger partial charge < -0.3 is 9.87 Å². The summed E-state index contributed by atoms with van der Waals surface area (Å²) in [6.07, 6.45) is -0.249. The van der Waals surface area contributed by atoms with Gasteiger partial charge in [0.2, 0.25) is 5.91 Å². The molecule has 0 radical (unpaired) electrons. The van der Waals surface area contributed by atoms with E-state index in [1.54, 1.807) is 0 Å². The maximum Gasteiger partial charge on any atom is 1.00 e. The zero-order valence-electron chi connectivity index (χ0n) is 17.0. The number of carbonyl (C=O) groups excluding carboxylic acids is 1. The van der Waals surface area contributed by atoms with Gasteiger partial charge in [-0.25, -0.2) is 25.3 Å². The van der Waals surface area contributed by atoms with Crippen LogP contribution in [0, 0.1) is 5.92 Å². The zero-order chi connectivity index (χ0) is 22.7. The van der Waals surface area contributed by atoms with E-state index in [-0.39, 0.29) is 59.8 Å². The Kier molecular flexibility index (Phi) is 16.7. The van der Waals surface area contributed by atoms with E-state index in [1.807, 2.05) is 0 Å². The van der Waals surface area contributed by atoms with Crippen LogP contribution in [-0.2, 0) is 34.6 Å². The number of rotatable bonds is 16. The maximum absolute atomic E-state index is 12.1. The van der Waals surface area contributed by atoms with Crippen LogP contribution in [-0.4, -0.2) is 75.6 Å². The van der Waals surface area contributed by atoms with Crippen molar-refractivity contribution in [2.75, 3.05) is 35.3 Å². The Balaban J connectivity index is 0. The smallest absolute Gasteiger partial charge is 0.747 e. The van der Waals surface area contributed by atoms with Gasteiger partial charge >= 0.3 is 29.6 Å². The summed E-state index contributed by atoms with van der Waals surface area (Å²) in [5.74, 6) is -0.932. The molecule has 30 heavy (non-hydrogen) atoms. The van der Waals surface area contributed by atoms with Gasteiger partial charge in [0.15, 0.2) is 19.7 Å². The predicted octanol–water partition coefficient (Wildman–Crippen LogP) is -2.41. The molecular weight excluding hydrogens is 505 g/mol. The van der Waals surface area contributed by atoms with Crippen LogP contribution in [0.1, 0.15) is 13.3 Å². The van der Waals surface area contributed by atoms with Crippen LogP contribution < -0.4 is 34.9 Å². The molecule has 0 aliphatic rings. The summed E-state index contributed by atoms with van der Waals surface area (Å²) in [7, 11) is -11.5. The number of sulfone groups is 2. The summed E-state index contributed by atoms with van der Waals surface area (Å²) in [5, 5.41) is 4.25. The fraction of sp³-hybridized carbons (Fsp3) is 0.667. The number of carbonyl (C=O) groups is 1. The van der Waals surface area contributed by atoms with Gasteiger partial charge in [0.25, 0.3) is 0 Å². The number of amides is 1. The zero-order valence-corrected chi connectivity index (χ0v) is 23.1. The van der Waals surface area contributed by atoms with E-state index in [0.29, 0.717) is 23.3 Å². The molecule has 1 N–H and O–H groups in total. The Hall–Kier alpha value is 0.460. The molecular formula is C15H26NNaO8S5. The molecule has 1 amide bonds. The molecule has 0 aromatic carbocycles. The Morgan fingerprint density at radius 3 is 1.97 bits per heavy atom. The van der Waals surface area contributed by atoms with Gasteiger partial charge in [0, 0.05) is 40.5 Å². The first-order valence-electron chi connectivity index (χ1n) is 8.36. The number of nitrogens with one attached hydrogen (secondary N) is 1. The van der Waals surface area contributed by atoms with Gasteiger partial charge in [0.1, 0.15) is 10.1 Å². The molecule has 15 heteroatoms. The van der Waals surface area contributed by atoms with Crippen molar-refractivity contribution < 1.29 is 64.2 Å². The third kappa shape index (κ3) is 15.3. The monoisotopic (exact) mass is 531 g/mol. The second-order valence-corrected chi connectivity index (χ2v) is 14.4. The van der Waals surface area contributed by atoms with E-state index in [9.17, 15) is 34.6 Å². The third-order valence-electron chi connectivity index (χ3n) is 3.55. The van der Waals surface area contributed by atoms with E-state index in [1.165, 1.54) is 18.7 Å². The molecule has 0 aliphatic carbocycles. The van der Waals surface area contributed by atoms with Crippen molar-refractivity contribution in [2.45, 2.75) is 17.9 Å². The summed E-state index contributed by atoms with van der Waals surface area (Å²) in [6, 6.07) is 0. The van der Waals surface area contributed by atoms with E-state index in [4.69, 9.17) is 0 Å². The Morgan fingerprint density at radius 1 is 1.00 bits per heavy atom. The third-order valence-corrected chi connectivity index (χ3v) is 10.6. The van der Waals surface area contributed by atoms with Crippen LogP contribution in [0.3, 0.4) is 0 Å². The number of hydrogen-bond donors (Lipinski definition) is 1. The largest absolute Gasteiger partial charge is 1.00 e. The Morgan fingerprint density at radius 2 is 1.50 bits per heavy atom. The minimum atomic E-state index is -4.72. The van der Waals surface area contributed by atoms with Gasteiger partial charge in [-0.15, -0.1) is 11.8 Å². The van der Waals surface area contributed by atoms with Crippen molar-refractivity contribution in [1.82, 2.24) is 5.32 Å². The van der Waals surface area contributed by atoms with Crippen molar-refractivity contribution in [3.8, 4) is 0 Å². The average molecular weight is 532 g/mol. The molecule has 0 rings (SSSR count). The quantitative estimate of drug-likeness (QED) is 0.129. The molecule has 0 heterocycles. The van der Waals surface area contributed by atoms with Crippen LogP contribution in [0.4, 0.5) is 0 Å². The second-order valence-electron chi connectivity index (χ2n) is 5.90. The molecule has 0 fully saturated rings. The maximum atomic E-state index is 12.1. The predicted molar refractivity (Wildman–Crippen MR) is 118 cm³/mol. The standard InChI is InChI=1S/C15H27NO8S5.Na/c1-4-27(18,19)10-8-25-7-6-16-15(17)13(3)12-14(29(22,23)24)26-9-11-28(20,21)5-2;/h4-5,13-14H,1-2,6-12H2,3H3,(H,16,17)(H,22,23,24);/q;+1/p-1. The molecule has 2 atom stereocenters. The fourth-order valence-electron chi connectivity index (χ4n) is 1.83. The summed E-state index contributed by atoms with van der Waals surface area (Å²) in [6.45, 7) is 8.08. The molecule has 2 unspecified atom stereocenters. The summed E-state index contributed by atoms with van der Waals surface area (Å²) in [4.78, 5) is 12.1. The number of hydrogen-bond acceptors (Lipinski definition) is 10. The summed E-state index contributed by atoms with van der Waals surface area (Å²) < 4.78 is 78.0. The fourth-order valence-corrected chi connectivity index (χ4v) is 7.49. The van der Waals surface area contributed by atoms with Crippen LogP contribution in [0.15, 0.2) is 24.0 Å². The molecule has 0 spiro atoms. The molecule has 0 aromatic rings. The summed E-state index contributed by atoms with van der Waals surface area (Å²) >= 11 is 2.01. The normalized spacial score (nSPS) is 14.2. The van der Waals surface area contributed by atoms with Crippen LogP contribution in [0.25, 0.3) is 0 Å². The molecule has 9 nitrogen and oxygen atoms in total. The topological polar surface area (TPSA) is 155 Å². The minimum Gasteiger partial charge on any atom is -0.747 e. The SMILES string of the molecule is C=CS(=O)(=O)CCSCCNC(=O)C(C)CC(SCCS(=O)(=O)C=C)S(=O)(=O)[O-].[Na+]. The van der Waals surface area contributed by atoms with Crippen LogP contribution in [0.2, 0.25) is 0 Å². The van der Waals surface area contributed by atoms with E-state index in [0.717, 1.165) is 10.8 Å². The van der Waals surface area contributed by atoms with Crippen molar-refractivity contribution in [2.24, 2.45) is 5.92 Å². The van der Waals surface area contributed by atoms with Crippen molar-refractivity contribution in [3.05, 3.63) is 24.0 Å². The van der Waals surface area contributed by atoms with Gasteiger partial charge in [-0.1, -0.05) is 20.1 Å². The van der Waals surface area contributed by atoms with E-state index in [2.05, 4.69) is 18.5 Å². The van der Waals surface area contributed by atoms with Gasteiger partial charge in [-0.2, -0.15) is 11.8 Å². The molecule has 170 valence electrons. The van der Waals surface area contributed by atoms with Crippen molar-refractivity contribution in [3.63, 3.8) is 0 Å². The van der Waals surface area contributed by atoms with E-state index < -0.39 is 46.2 Å². The Labute approximate surface area is 210 Å². The second kappa shape index (κ2) is 15.3. The van der Waals surface area contributed by atoms with E-state index >= 15 is 0 Å². The molecule has 0 saturated heterocycles. The Bertz CT molecular complexity index is 871. The van der Waals surface area contributed by atoms with Gasteiger partial charge in [-0.3, -0.25) is 4.79 Å². The molecule has 0 aliphatic heterocycles. The van der Waals surface area contributed by atoms with Crippen molar-refractivity contribution >= 4 is 59.2 Å². The molecule has 0 bridgehead atoms. The molecule has 0 saturated carbocycles. The van der Waals surface area contributed by atoms with Crippen LogP contribution >= 0.6 is 23.5 Å². The first-order valence-corrected chi connectivity index (χ1v) is 15.5. The average Bonchev–Trinajstić information content (AvgIpc) is 2.62. The van der Waals surface area contributed by atoms with Crippen molar-refractivity contribution in [1.29, 1.82) is 0 Å². The number of thioether (sulfide) groups is 2. The first-order chi connectivity index (χ1) is 13.2. The van der Waals surface area contributed by atoms with Gasteiger partial charge in [0.05, 0.1) is 16.1 Å². The molecule has 0 aromatic heterocycles. The van der Waals surface area contributed by atoms with Gasteiger partial charge in [-0.05, 0) is 6.42 Å². The van der Waals surface area contributed by atoms with Crippen LogP contribution in [0.5, 0.6) is 0 Å².